The molecule has 4 nitrogen and oxygen atoms in total. The van der Waals surface area contributed by atoms with Gasteiger partial charge in [-0.2, -0.15) is 0 Å². The number of hydrogen-bond donors (Lipinski definition) is 3. The number of aromatic nitrogens is 1. The Hall–Kier alpha value is -2.23. The number of rotatable bonds is 2. The highest BCUT2D eigenvalue weighted by molar-refractivity contribution is 5.61. The molecular weight excluding hydrogens is 188 g/mol. The maximum Gasteiger partial charge on any atom is 0.123 e. The minimum atomic E-state index is 0.512. The standard InChI is InChI=1S/C11H12N4/c12-8-1-3-9(4-2-8)15-10-5-6-11(13)14-7-10/h1-7,15H,12H2,(H2,13,14). The highest BCUT2D eigenvalue weighted by atomic mass is 14.9. The number of nitrogen functional groups attached to an aromatic ring is 2. The summed E-state index contributed by atoms with van der Waals surface area (Å²) in [5.41, 5.74) is 13.7. The maximum atomic E-state index is 5.58. The number of pyridine rings is 1. The molecule has 0 saturated carbocycles. The third-order valence-electron chi connectivity index (χ3n) is 1.99. The molecule has 1 aromatic heterocycles. The van der Waals surface area contributed by atoms with Crippen LogP contribution in [0.2, 0.25) is 0 Å². The van der Waals surface area contributed by atoms with Crippen molar-refractivity contribution in [3.05, 3.63) is 42.6 Å². The van der Waals surface area contributed by atoms with Crippen LogP contribution in [0.5, 0.6) is 0 Å². The normalized spacial score (nSPS) is 9.87. The second-order valence-corrected chi connectivity index (χ2v) is 3.22. The zero-order valence-corrected chi connectivity index (χ0v) is 8.14. The van der Waals surface area contributed by atoms with Crippen molar-refractivity contribution in [2.24, 2.45) is 0 Å². The van der Waals surface area contributed by atoms with Crippen LogP contribution < -0.4 is 16.8 Å². The SMILES string of the molecule is Nc1ccc(Nc2ccc(N)nc2)cc1. The molecule has 1 heterocycles. The van der Waals surface area contributed by atoms with E-state index in [1.54, 1.807) is 12.3 Å². The molecule has 0 aliphatic carbocycles. The van der Waals surface area contributed by atoms with Gasteiger partial charge in [0, 0.05) is 11.4 Å². The minimum absolute atomic E-state index is 0.512. The third kappa shape index (κ3) is 2.37. The van der Waals surface area contributed by atoms with E-state index in [1.807, 2.05) is 30.3 Å². The number of anilines is 4. The monoisotopic (exact) mass is 200 g/mol. The first-order valence-electron chi connectivity index (χ1n) is 4.58. The van der Waals surface area contributed by atoms with Gasteiger partial charge in [0.25, 0.3) is 0 Å². The van der Waals surface area contributed by atoms with Gasteiger partial charge in [-0.25, -0.2) is 4.98 Å². The van der Waals surface area contributed by atoms with E-state index in [0.29, 0.717) is 5.82 Å². The van der Waals surface area contributed by atoms with Gasteiger partial charge in [-0.15, -0.1) is 0 Å². The largest absolute Gasteiger partial charge is 0.399 e. The molecule has 0 amide bonds. The average Bonchev–Trinajstić information content (AvgIpc) is 2.25. The first kappa shape index (κ1) is 9.33. The number of nitrogens with one attached hydrogen (secondary N) is 1. The number of nitrogens with two attached hydrogens (primary N) is 2. The molecule has 0 aliphatic heterocycles. The van der Waals surface area contributed by atoms with Crippen molar-refractivity contribution in [2.45, 2.75) is 0 Å². The minimum Gasteiger partial charge on any atom is -0.399 e. The molecule has 5 N–H and O–H groups in total. The topological polar surface area (TPSA) is 77.0 Å². The molecule has 0 radical (unpaired) electrons. The van der Waals surface area contributed by atoms with Gasteiger partial charge in [-0.3, -0.25) is 0 Å². The zero-order valence-electron chi connectivity index (χ0n) is 8.14. The average molecular weight is 200 g/mol. The van der Waals surface area contributed by atoms with E-state index in [-0.39, 0.29) is 0 Å². The molecule has 0 aliphatic rings. The number of nitrogens with zero attached hydrogens (tertiary/aromatic N) is 1. The number of benzene rings is 1. The first-order valence-corrected chi connectivity index (χ1v) is 4.58. The highest BCUT2D eigenvalue weighted by Gasteiger charge is 1.94. The Morgan fingerprint density at radius 1 is 0.867 bits per heavy atom. The summed E-state index contributed by atoms with van der Waals surface area (Å²) in [5.74, 6) is 0.512. The highest BCUT2D eigenvalue weighted by Crippen LogP contribution is 2.17. The van der Waals surface area contributed by atoms with E-state index >= 15 is 0 Å². The lowest BCUT2D eigenvalue weighted by Crippen LogP contribution is -1.94. The predicted octanol–water partition coefficient (Wildman–Crippen LogP) is 1.99. The summed E-state index contributed by atoms with van der Waals surface area (Å²) in [6.45, 7) is 0. The molecule has 2 rings (SSSR count). The van der Waals surface area contributed by atoms with Gasteiger partial charge in [0.2, 0.25) is 0 Å². The van der Waals surface area contributed by atoms with E-state index in [1.165, 1.54) is 0 Å². The molecule has 0 unspecified atom stereocenters. The molecule has 0 fully saturated rings. The summed E-state index contributed by atoms with van der Waals surface area (Å²) in [4.78, 5) is 3.98. The van der Waals surface area contributed by atoms with E-state index in [2.05, 4.69) is 10.3 Å². The summed E-state index contributed by atoms with van der Waals surface area (Å²) in [6, 6.07) is 11.1. The van der Waals surface area contributed by atoms with Gasteiger partial charge in [-0.05, 0) is 36.4 Å². The number of hydrogen-bond acceptors (Lipinski definition) is 4. The van der Waals surface area contributed by atoms with Gasteiger partial charge < -0.3 is 16.8 Å². The molecule has 15 heavy (non-hydrogen) atoms. The van der Waals surface area contributed by atoms with E-state index in [4.69, 9.17) is 11.5 Å². The summed E-state index contributed by atoms with van der Waals surface area (Å²) < 4.78 is 0. The Balaban J connectivity index is 2.15. The van der Waals surface area contributed by atoms with Gasteiger partial charge in [-0.1, -0.05) is 0 Å². The molecule has 1 aromatic carbocycles. The second kappa shape index (κ2) is 3.88. The summed E-state index contributed by atoms with van der Waals surface area (Å²) in [6.07, 6.45) is 1.69. The van der Waals surface area contributed by atoms with Crippen LogP contribution in [0.25, 0.3) is 0 Å². The van der Waals surface area contributed by atoms with Crippen LogP contribution in [0, 0.1) is 0 Å². The molecule has 2 aromatic rings. The Morgan fingerprint density at radius 3 is 2.13 bits per heavy atom. The fourth-order valence-corrected chi connectivity index (χ4v) is 1.21. The smallest absolute Gasteiger partial charge is 0.123 e. The van der Waals surface area contributed by atoms with Crippen molar-refractivity contribution in [3.8, 4) is 0 Å². The van der Waals surface area contributed by atoms with Crippen molar-refractivity contribution in [1.29, 1.82) is 0 Å². The van der Waals surface area contributed by atoms with Crippen LogP contribution in [0.3, 0.4) is 0 Å². The lowest BCUT2D eigenvalue weighted by molar-refractivity contribution is 1.33. The molecule has 4 heteroatoms. The van der Waals surface area contributed by atoms with Crippen LogP contribution in [-0.2, 0) is 0 Å². The van der Waals surface area contributed by atoms with Crippen LogP contribution in [-0.4, -0.2) is 4.98 Å². The van der Waals surface area contributed by atoms with Crippen molar-refractivity contribution in [3.63, 3.8) is 0 Å². The molecule has 76 valence electrons. The summed E-state index contributed by atoms with van der Waals surface area (Å²) in [7, 11) is 0. The van der Waals surface area contributed by atoms with Gasteiger partial charge in [0.05, 0.1) is 11.9 Å². The Morgan fingerprint density at radius 2 is 1.53 bits per heavy atom. The van der Waals surface area contributed by atoms with Crippen molar-refractivity contribution in [1.82, 2.24) is 4.98 Å². The van der Waals surface area contributed by atoms with E-state index in [0.717, 1.165) is 17.1 Å². The van der Waals surface area contributed by atoms with E-state index < -0.39 is 0 Å². The first-order chi connectivity index (χ1) is 7.24. The fourth-order valence-electron chi connectivity index (χ4n) is 1.21. The van der Waals surface area contributed by atoms with Crippen molar-refractivity contribution >= 4 is 22.9 Å². The van der Waals surface area contributed by atoms with Crippen LogP contribution in [0.15, 0.2) is 42.6 Å². The molecule has 0 saturated heterocycles. The lowest BCUT2D eigenvalue weighted by atomic mass is 10.3. The van der Waals surface area contributed by atoms with Gasteiger partial charge in [0.1, 0.15) is 5.82 Å². The maximum absolute atomic E-state index is 5.58. The lowest BCUT2D eigenvalue weighted by Gasteiger charge is -2.05. The summed E-state index contributed by atoms with van der Waals surface area (Å²) in [5, 5.41) is 3.18. The molecule has 0 bridgehead atoms. The van der Waals surface area contributed by atoms with Crippen LogP contribution >= 0.6 is 0 Å². The molecular formula is C11H12N4. The quantitative estimate of drug-likeness (QED) is 0.648. The zero-order chi connectivity index (χ0) is 10.7. The second-order valence-electron chi connectivity index (χ2n) is 3.22. The summed E-state index contributed by atoms with van der Waals surface area (Å²) >= 11 is 0. The van der Waals surface area contributed by atoms with Crippen molar-refractivity contribution < 1.29 is 0 Å². The Labute approximate surface area is 87.9 Å². The van der Waals surface area contributed by atoms with E-state index in [9.17, 15) is 0 Å². The molecule has 0 atom stereocenters. The van der Waals surface area contributed by atoms with Crippen LogP contribution in [0.4, 0.5) is 22.9 Å². The third-order valence-corrected chi connectivity index (χ3v) is 1.99. The Bertz CT molecular complexity index is 390. The Kier molecular flexibility index (Phi) is 2.41. The predicted molar refractivity (Wildman–Crippen MR) is 62.8 cm³/mol. The molecule has 0 spiro atoms. The van der Waals surface area contributed by atoms with Crippen LogP contribution in [0.1, 0.15) is 0 Å². The van der Waals surface area contributed by atoms with Gasteiger partial charge in [0.15, 0.2) is 0 Å². The van der Waals surface area contributed by atoms with Gasteiger partial charge >= 0.3 is 0 Å². The fraction of sp³-hybridized carbons (Fsp3) is 0. The van der Waals surface area contributed by atoms with Crippen molar-refractivity contribution in [2.75, 3.05) is 16.8 Å².